The minimum absolute atomic E-state index is 0.690. The SMILES string of the molecule is CCN1CCN(Cc2ccc3c(c2)CCN3)CC1C. The van der Waals surface area contributed by atoms with Gasteiger partial charge in [-0.1, -0.05) is 19.1 Å². The topological polar surface area (TPSA) is 18.5 Å². The molecule has 1 atom stereocenters. The molecule has 0 bridgehead atoms. The van der Waals surface area contributed by atoms with Gasteiger partial charge in [0.15, 0.2) is 0 Å². The predicted molar refractivity (Wildman–Crippen MR) is 80.6 cm³/mol. The highest BCUT2D eigenvalue weighted by molar-refractivity contribution is 5.56. The zero-order chi connectivity index (χ0) is 13.2. The fourth-order valence-electron chi connectivity index (χ4n) is 3.40. The molecule has 0 aliphatic carbocycles. The molecule has 3 nitrogen and oxygen atoms in total. The van der Waals surface area contributed by atoms with Gasteiger partial charge in [-0.3, -0.25) is 9.80 Å². The number of benzene rings is 1. The summed E-state index contributed by atoms with van der Waals surface area (Å²) in [7, 11) is 0. The average Bonchev–Trinajstić information content (AvgIpc) is 2.86. The lowest BCUT2D eigenvalue weighted by Gasteiger charge is -2.39. The van der Waals surface area contributed by atoms with Crippen LogP contribution in [0.2, 0.25) is 0 Å². The first-order valence-corrected chi connectivity index (χ1v) is 7.58. The molecule has 0 amide bonds. The Hall–Kier alpha value is -1.06. The molecule has 3 heteroatoms. The minimum atomic E-state index is 0.690. The normalized spacial score (nSPS) is 24.2. The Balaban J connectivity index is 1.63. The van der Waals surface area contributed by atoms with Crippen molar-refractivity contribution in [1.29, 1.82) is 0 Å². The smallest absolute Gasteiger partial charge is 0.0373 e. The molecule has 1 N–H and O–H groups in total. The molecule has 104 valence electrons. The zero-order valence-corrected chi connectivity index (χ0v) is 12.2. The van der Waals surface area contributed by atoms with E-state index < -0.39 is 0 Å². The first-order chi connectivity index (χ1) is 9.26. The molecule has 1 aromatic rings. The molecule has 2 aliphatic heterocycles. The van der Waals surface area contributed by atoms with E-state index in [9.17, 15) is 0 Å². The van der Waals surface area contributed by atoms with Crippen molar-refractivity contribution in [1.82, 2.24) is 9.80 Å². The number of hydrogen-bond donors (Lipinski definition) is 1. The standard InChI is InChI=1S/C16H25N3/c1-3-19-9-8-18(11-13(19)2)12-14-4-5-16-15(10-14)6-7-17-16/h4-5,10,13,17H,3,6-9,11-12H2,1-2H3. The molecule has 1 aromatic carbocycles. The summed E-state index contributed by atoms with van der Waals surface area (Å²) in [5.41, 5.74) is 4.31. The highest BCUT2D eigenvalue weighted by atomic mass is 15.3. The average molecular weight is 259 g/mol. The second-order valence-electron chi connectivity index (χ2n) is 5.88. The molecule has 0 radical (unpaired) electrons. The van der Waals surface area contributed by atoms with Gasteiger partial charge in [-0.25, -0.2) is 0 Å². The molecule has 19 heavy (non-hydrogen) atoms. The maximum Gasteiger partial charge on any atom is 0.0373 e. The number of nitrogens with zero attached hydrogens (tertiary/aromatic N) is 2. The number of rotatable bonds is 3. The van der Waals surface area contributed by atoms with E-state index in [1.807, 2.05) is 0 Å². The number of piperazine rings is 1. The lowest BCUT2D eigenvalue weighted by atomic mass is 10.1. The third kappa shape index (κ3) is 2.77. The van der Waals surface area contributed by atoms with Crippen LogP contribution in [0.5, 0.6) is 0 Å². The third-order valence-electron chi connectivity index (χ3n) is 4.54. The number of likely N-dealkylation sites (N-methyl/N-ethyl adjacent to an activating group) is 1. The maximum absolute atomic E-state index is 3.43. The fraction of sp³-hybridized carbons (Fsp3) is 0.625. The summed E-state index contributed by atoms with van der Waals surface area (Å²) in [6.07, 6.45) is 1.18. The molecule has 3 rings (SSSR count). The van der Waals surface area contributed by atoms with Gasteiger partial charge in [-0.15, -0.1) is 0 Å². The number of anilines is 1. The molecular weight excluding hydrogens is 234 g/mol. The van der Waals surface area contributed by atoms with E-state index in [2.05, 4.69) is 47.2 Å². The van der Waals surface area contributed by atoms with Crippen LogP contribution < -0.4 is 5.32 Å². The van der Waals surface area contributed by atoms with E-state index in [0.29, 0.717) is 6.04 Å². The molecule has 2 aliphatic rings. The summed E-state index contributed by atoms with van der Waals surface area (Å²) in [4.78, 5) is 5.17. The molecule has 1 unspecified atom stereocenters. The van der Waals surface area contributed by atoms with Gasteiger partial charge >= 0.3 is 0 Å². The molecule has 1 saturated heterocycles. The zero-order valence-electron chi connectivity index (χ0n) is 12.2. The molecule has 0 spiro atoms. The number of fused-ring (bicyclic) bond motifs is 1. The quantitative estimate of drug-likeness (QED) is 0.897. The van der Waals surface area contributed by atoms with Crippen molar-refractivity contribution in [3.8, 4) is 0 Å². The molecule has 2 heterocycles. The van der Waals surface area contributed by atoms with Crippen molar-refractivity contribution in [3.63, 3.8) is 0 Å². The van der Waals surface area contributed by atoms with Crippen molar-refractivity contribution < 1.29 is 0 Å². The Kier molecular flexibility index (Phi) is 3.76. The van der Waals surface area contributed by atoms with Crippen LogP contribution in [-0.4, -0.2) is 48.6 Å². The monoisotopic (exact) mass is 259 g/mol. The number of hydrogen-bond acceptors (Lipinski definition) is 3. The second kappa shape index (κ2) is 5.51. The van der Waals surface area contributed by atoms with Crippen LogP contribution in [0.25, 0.3) is 0 Å². The van der Waals surface area contributed by atoms with Gasteiger partial charge in [0.05, 0.1) is 0 Å². The van der Waals surface area contributed by atoms with Gasteiger partial charge in [-0.05, 0) is 37.1 Å². The first-order valence-electron chi connectivity index (χ1n) is 7.58. The number of nitrogens with one attached hydrogen (secondary N) is 1. The summed E-state index contributed by atoms with van der Waals surface area (Å²) in [5.74, 6) is 0. The second-order valence-corrected chi connectivity index (χ2v) is 5.88. The highest BCUT2D eigenvalue weighted by Crippen LogP contribution is 2.24. The van der Waals surface area contributed by atoms with Crippen molar-refractivity contribution in [2.75, 3.05) is 38.0 Å². The predicted octanol–water partition coefficient (Wildman–Crippen LogP) is 2.18. The van der Waals surface area contributed by atoms with Gasteiger partial charge in [-0.2, -0.15) is 0 Å². The largest absolute Gasteiger partial charge is 0.384 e. The van der Waals surface area contributed by atoms with Gasteiger partial charge in [0, 0.05) is 44.5 Å². The minimum Gasteiger partial charge on any atom is -0.384 e. The van der Waals surface area contributed by atoms with Gasteiger partial charge in [0.2, 0.25) is 0 Å². The van der Waals surface area contributed by atoms with Crippen molar-refractivity contribution >= 4 is 5.69 Å². The van der Waals surface area contributed by atoms with Gasteiger partial charge < -0.3 is 5.32 Å². The van der Waals surface area contributed by atoms with E-state index >= 15 is 0 Å². The van der Waals surface area contributed by atoms with Crippen LogP contribution in [0.1, 0.15) is 25.0 Å². The van der Waals surface area contributed by atoms with E-state index in [0.717, 1.165) is 13.1 Å². The third-order valence-corrected chi connectivity index (χ3v) is 4.54. The van der Waals surface area contributed by atoms with Crippen LogP contribution >= 0.6 is 0 Å². The lowest BCUT2D eigenvalue weighted by Crippen LogP contribution is -2.51. The van der Waals surface area contributed by atoms with E-state index in [1.165, 1.54) is 49.4 Å². The van der Waals surface area contributed by atoms with Crippen LogP contribution in [0.15, 0.2) is 18.2 Å². The van der Waals surface area contributed by atoms with E-state index in [-0.39, 0.29) is 0 Å². The summed E-state index contributed by atoms with van der Waals surface area (Å²) in [6, 6.07) is 7.62. The Morgan fingerprint density at radius 3 is 3.00 bits per heavy atom. The van der Waals surface area contributed by atoms with E-state index in [1.54, 1.807) is 0 Å². The molecule has 0 aromatic heterocycles. The first kappa shape index (κ1) is 12.9. The Morgan fingerprint density at radius 2 is 2.21 bits per heavy atom. The fourth-order valence-corrected chi connectivity index (χ4v) is 3.40. The lowest BCUT2D eigenvalue weighted by molar-refractivity contribution is 0.0834. The van der Waals surface area contributed by atoms with E-state index in [4.69, 9.17) is 0 Å². The van der Waals surface area contributed by atoms with Crippen LogP contribution in [0.3, 0.4) is 0 Å². The van der Waals surface area contributed by atoms with Gasteiger partial charge in [0.25, 0.3) is 0 Å². The summed E-state index contributed by atoms with van der Waals surface area (Å²) in [6.45, 7) is 11.6. The van der Waals surface area contributed by atoms with Crippen molar-refractivity contribution in [2.24, 2.45) is 0 Å². The Bertz CT molecular complexity index is 444. The van der Waals surface area contributed by atoms with Crippen molar-refractivity contribution in [3.05, 3.63) is 29.3 Å². The van der Waals surface area contributed by atoms with Crippen molar-refractivity contribution in [2.45, 2.75) is 32.9 Å². The maximum atomic E-state index is 3.43. The Morgan fingerprint density at radius 1 is 1.32 bits per heavy atom. The molecule has 0 saturated carbocycles. The van der Waals surface area contributed by atoms with Crippen LogP contribution in [0.4, 0.5) is 5.69 Å². The highest BCUT2D eigenvalue weighted by Gasteiger charge is 2.22. The summed E-state index contributed by atoms with van der Waals surface area (Å²) >= 11 is 0. The van der Waals surface area contributed by atoms with Crippen LogP contribution in [-0.2, 0) is 13.0 Å². The Labute approximate surface area is 116 Å². The van der Waals surface area contributed by atoms with Gasteiger partial charge in [0.1, 0.15) is 0 Å². The van der Waals surface area contributed by atoms with Crippen LogP contribution in [0, 0.1) is 0 Å². The summed E-state index contributed by atoms with van der Waals surface area (Å²) < 4.78 is 0. The summed E-state index contributed by atoms with van der Waals surface area (Å²) in [5, 5.41) is 3.43. The molecule has 1 fully saturated rings. The molecular formula is C16H25N3.